The van der Waals surface area contributed by atoms with Crippen LogP contribution in [0.15, 0.2) is 46.9 Å². The van der Waals surface area contributed by atoms with Gasteiger partial charge in [0.25, 0.3) is 5.91 Å². The van der Waals surface area contributed by atoms with Crippen molar-refractivity contribution < 1.29 is 14.3 Å². The first-order chi connectivity index (χ1) is 13.1. The molecule has 0 unspecified atom stereocenters. The van der Waals surface area contributed by atoms with Gasteiger partial charge in [-0.15, -0.1) is 0 Å². The highest BCUT2D eigenvalue weighted by atomic mass is 79.9. The van der Waals surface area contributed by atoms with E-state index in [1.807, 2.05) is 18.2 Å². The Morgan fingerprint density at radius 1 is 1.19 bits per heavy atom. The van der Waals surface area contributed by atoms with E-state index >= 15 is 0 Å². The van der Waals surface area contributed by atoms with Gasteiger partial charge in [-0.2, -0.15) is 0 Å². The molecule has 1 amide bonds. The van der Waals surface area contributed by atoms with Crippen LogP contribution < -0.4 is 10.1 Å². The zero-order chi connectivity index (χ0) is 19.1. The van der Waals surface area contributed by atoms with E-state index in [1.165, 1.54) is 5.56 Å². The van der Waals surface area contributed by atoms with Gasteiger partial charge in [0.15, 0.2) is 6.61 Å². The van der Waals surface area contributed by atoms with E-state index < -0.39 is 0 Å². The van der Waals surface area contributed by atoms with Gasteiger partial charge in [-0.05, 0) is 45.3 Å². The fraction of sp³-hybridized carbons (Fsp3) is 0.350. The first kappa shape index (κ1) is 20.1. The minimum atomic E-state index is -0.168. The minimum Gasteiger partial charge on any atom is -0.483 e. The third-order valence-electron chi connectivity index (χ3n) is 4.34. The summed E-state index contributed by atoms with van der Waals surface area (Å²) in [5.74, 6) is 0.417. The Hall–Kier alpha value is -1.60. The molecule has 0 bridgehead atoms. The van der Waals surface area contributed by atoms with E-state index in [1.54, 1.807) is 18.2 Å². The molecule has 144 valence electrons. The van der Waals surface area contributed by atoms with Crippen molar-refractivity contribution in [1.82, 2.24) is 10.2 Å². The molecule has 0 spiro atoms. The number of morpholine rings is 1. The van der Waals surface area contributed by atoms with Crippen LogP contribution in [-0.4, -0.2) is 43.7 Å². The van der Waals surface area contributed by atoms with Crippen molar-refractivity contribution in [1.29, 1.82) is 0 Å². The number of benzene rings is 2. The summed E-state index contributed by atoms with van der Waals surface area (Å²) in [6, 6.07) is 13.4. The summed E-state index contributed by atoms with van der Waals surface area (Å²) in [4.78, 5) is 14.5. The van der Waals surface area contributed by atoms with Crippen LogP contribution in [0.4, 0.5) is 0 Å². The molecular weight excluding hydrogens is 432 g/mol. The molecule has 1 fully saturated rings. The number of ether oxygens (including phenoxy) is 2. The lowest BCUT2D eigenvalue weighted by Crippen LogP contribution is -2.36. The average Bonchev–Trinajstić information content (AvgIpc) is 2.67. The van der Waals surface area contributed by atoms with Crippen molar-refractivity contribution in [2.45, 2.75) is 13.1 Å². The minimum absolute atomic E-state index is 0.0497. The van der Waals surface area contributed by atoms with Gasteiger partial charge in [-0.1, -0.05) is 35.9 Å². The topological polar surface area (TPSA) is 50.8 Å². The number of hydrogen-bond donors (Lipinski definition) is 1. The lowest BCUT2D eigenvalue weighted by atomic mass is 10.1. The molecule has 2 aromatic carbocycles. The van der Waals surface area contributed by atoms with Crippen molar-refractivity contribution in [3.63, 3.8) is 0 Å². The Balaban J connectivity index is 1.51. The first-order valence-corrected chi connectivity index (χ1v) is 10.0. The first-order valence-electron chi connectivity index (χ1n) is 8.83. The summed E-state index contributed by atoms with van der Waals surface area (Å²) in [6.07, 6.45) is 0. The van der Waals surface area contributed by atoms with Crippen molar-refractivity contribution in [3.8, 4) is 5.75 Å². The second kappa shape index (κ2) is 10.1. The maximum absolute atomic E-state index is 12.2. The van der Waals surface area contributed by atoms with Crippen LogP contribution in [0.25, 0.3) is 0 Å². The van der Waals surface area contributed by atoms with E-state index in [4.69, 9.17) is 21.1 Å². The molecule has 0 saturated carbocycles. The Morgan fingerprint density at radius 3 is 2.67 bits per heavy atom. The molecule has 0 radical (unpaired) electrons. The molecule has 0 aromatic heterocycles. The van der Waals surface area contributed by atoms with Crippen LogP contribution in [-0.2, 0) is 22.6 Å². The molecule has 1 aliphatic heterocycles. The number of rotatable bonds is 7. The molecule has 1 N–H and O–H groups in total. The molecule has 2 aromatic rings. The van der Waals surface area contributed by atoms with Gasteiger partial charge in [-0.25, -0.2) is 0 Å². The van der Waals surface area contributed by atoms with Gasteiger partial charge in [0.05, 0.1) is 17.7 Å². The zero-order valence-electron chi connectivity index (χ0n) is 14.9. The molecule has 0 atom stereocenters. The molecular formula is C20H22BrClN2O3. The van der Waals surface area contributed by atoms with Gasteiger partial charge < -0.3 is 14.8 Å². The zero-order valence-corrected chi connectivity index (χ0v) is 17.3. The number of carbonyl (C=O) groups excluding carboxylic acids is 1. The smallest absolute Gasteiger partial charge is 0.258 e. The van der Waals surface area contributed by atoms with Crippen LogP contribution in [0, 0.1) is 0 Å². The summed E-state index contributed by atoms with van der Waals surface area (Å²) in [5, 5.41) is 3.54. The highest BCUT2D eigenvalue weighted by Gasteiger charge is 2.13. The second-order valence-electron chi connectivity index (χ2n) is 6.30. The van der Waals surface area contributed by atoms with Crippen LogP contribution in [0.5, 0.6) is 5.75 Å². The van der Waals surface area contributed by atoms with Crippen molar-refractivity contribution >= 4 is 33.4 Å². The third kappa shape index (κ3) is 6.21. The third-order valence-corrected chi connectivity index (χ3v) is 5.20. The molecule has 1 aliphatic rings. The number of nitrogens with one attached hydrogen (secondary N) is 1. The summed E-state index contributed by atoms with van der Waals surface area (Å²) in [7, 11) is 0. The van der Waals surface area contributed by atoms with E-state index in [0.717, 1.165) is 42.9 Å². The van der Waals surface area contributed by atoms with Crippen LogP contribution in [0.1, 0.15) is 11.1 Å². The summed E-state index contributed by atoms with van der Waals surface area (Å²) < 4.78 is 11.7. The van der Waals surface area contributed by atoms with E-state index in [2.05, 4.69) is 32.2 Å². The highest BCUT2D eigenvalue weighted by molar-refractivity contribution is 9.10. The quantitative estimate of drug-likeness (QED) is 0.695. The largest absolute Gasteiger partial charge is 0.483 e. The Kier molecular flexibility index (Phi) is 7.52. The van der Waals surface area contributed by atoms with E-state index in [0.29, 0.717) is 17.3 Å². The number of nitrogens with zero attached hydrogens (tertiary/aromatic N) is 1. The van der Waals surface area contributed by atoms with Crippen LogP contribution in [0.3, 0.4) is 0 Å². The van der Waals surface area contributed by atoms with Crippen LogP contribution in [0.2, 0.25) is 5.02 Å². The molecule has 27 heavy (non-hydrogen) atoms. The van der Waals surface area contributed by atoms with E-state index in [-0.39, 0.29) is 12.5 Å². The lowest BCUT2D eigenvalue weighted by molar-refractivity contribution is -0.123. The monoisotopic (exact) mass is 452 g/mol. The summed E-state index contributed by atoms with van der Waals surface area (Å²) >= 11 is 9.28. The van der Waals surface area contributed by atoms with Gasteiger partial charge in [0.1, 0.15) is 5.75 Å². The fourth-order valence-electron chi connectivity index (χ4n) is 2.86. The maximum Gasteiger partial charge on any atom is 0.258 e. The van der Waals surface area contributed by atoms with E-state index in [9.17, 15) is 4.79 Å². The van der Waals surface area contributed by atoms with Gasteiger partial charge in [0.2, 0.25) is 0 Å². The summed E-state index contributed by atoms with van der Waals surface area (Å²) in [6.45, 7) is 4.71. The predicted molar refractivity (Wildman–Crippen MR) is 109 cm³/mol. The number of carbonyl (C=O) groups is 1. The Morgan fingerprint density at radius 2 is 1.93 bits per heavy atom. The van der Waals surface area contributed by atoms with Crippen molar-refractivity contribution in [2.24, 2.45) is 0 Å². The fourth-order valence-corrected chi connectivity index (χ4v) is 3.66. The molecule has 7 heteroatoms. The normalized spacial score (nSPS) is 14.7. The number of amides is 1. The van der Waals surface area contributed by atoms with Crippen molar-refractivity contribution in [3.05, 3.63) is 63.1 Å². The number of halogens is 2. The predicted octanol–water partition coefficient (Wildman–Crippen LogP) is 3.63. The Labute approximate surface area is 172 Å². The molecule has 5 nitrogen and oxygen atoms in total. The number of hydrogen-bond acceptors (Lipinski definition) is 4. The van der Waals surface area contributed by atoms with Crippen molar-refractivity contribution in [2.75, 3.05) is 32.9 Å². The SMILES string of the molecule is O=C(COc1ccc(Cl)cc1Br)NCc1ccccc1CN1CCOCC1. The Bertz CT molecular complexity index is 782. The standard InChI is InChI=1S/C20H22BrClN2O3/c21-18-11-17(22)5-6-19(18)27-14-20(25)23-12-15-3-1-2-4-16(15)13-24-7-9-26-10-8-24/h1-6,11H,7-10,12-14H2,(H,23,25). The van der Waals surface area contributed by atoms with Gasteiger partial charge >= 0.3 is 0 Å². The maximum atomic E-state index is 12.2. The molecule has 0 aliphatic carbocycles. The average molecular weight is 454 g/mol. The molecule has 1 saturated heterocycles. The van der Waals surface area contributed by atoms with Crippen LogP contribution >= 0.6 is 27.5 Å². The van der Waals surface area contributed by atoms with Gasteiger partial charge in [-0.3, -0.25) is 9.69 Å². The highest BCUT2D eigenvalue weighted by Crippen LogP contribution is 2.27. The second-order valence-corrected chi connectivity index (χ2v) is 7.59. The molecule has 1 heterocycles. The van der Waals surface area contributed by atoms with Gasteiger partial charge in [0, 0.05) is 31.2 Å². The summed E-state index contributed by atoms with van der Waals surface area (Å²) in [5.41, 5.74) is 2.34. The lowest BCUT2D eigenvalue weighted by Gasteiger charge is -2.27. The molecule has 3 rings (SSSR count).